The van der Waals surface area contributed by atoms with E-state index in [-0.39, 0.29) is 40.8 Å². The highest BCUT2D eigenvalue weighted by Gasteiger charge is 2.34. The highest BCUT2D eigenvalue weighted by atomic mass is 32.2. The molecule has 0 bridgehead atoms. The summed E-state index contributed by atoms with van der Waals surface area (Å²) in [5, 5.41) is 9.84. The Bertz CT molecular complexity index is 1710. The number of anilines is 1. The molecule has 1 aromatic heterocycles. The van der Waals surface area contributed by atoms with Gasteiger partial charge in [-0.2, -0.15) is 8.42 Å². The van der Waals surface area contributed by atoms with Crippen LogP contribution in [0.25, 0.3) is 0 Å². The van der Waals surface area contributed by atoms with E-state index in [1.165, 1.54) is 23.2 Å². The first-order valence-corrected chi connectivity index (χ1v) is 16.2. The van der Waals surface area contributed by atoms with E-state index in [1.54, 1.807) is 31.0 Å². The number of hydrogen-bond donors (Lipinski definition) is 2. The van der Waals surface area contributed by atoms with Gasteiger partial charge in [0.25, 0.3) is 15.9 Å². The van der Waals surface area contributed by atoms with E-state index in [0.29, 0.717) is 25.4 Å². The van der Waals surface area contributed by atoms with E-state index < -0.39 is 16.1 Å². The Morgan fingerprint density at radius 2 is 1.82 bits per heavy atom. The molecule has 11 nitrogen and oxygen atoms in total. The van der Waals surface area contributed by atoms with Crippen LogP contribution in [0, 0.1) is 5.92 Å². The number of sulfonamides is 1. The predicted octanol–water partition coefficient (Wildman–Crippen LogP) is 4.37. The van der Waals surface area contributed by atoms with Crippen LogP contribution in [0.3, 0.4) is 0 Å². The van der Waals surface area contributed by atoms with E-state index in [2.05, 4.69) is 14.6 Å². The van der Waals surface area contributed by atoms with Crippen LogP contribution in [-0.2, 0) is 23.6 Å². The van der Waals surface area contributed by atoms with Gasteiger partial charge in [0.15, 0.2) is 5.03 Å². The lowest BCUT2D eigenvalue weighted by molar-refractivity contribution is 0.0341. The van der Waals surface area contributed by atoms with Crippen molar-refractivity contribution in [3.8, 4) is 17.2 Å². The molecule has 0 unspecified atom stereocenters. The van der Waals surface area contributed by atoms with Crippen molar-refractivity contribution in [1.29, 1.82) is 0 Å². The third-order valence-electron chi connectivity index (χ3n) is 7.72. The minimum absolute atomic E-state index is 0.0671. The summed E-state index contributed by atoms with van der Waals surface area (Å²) in [6.45, 7) is 5.18. The van der Waals surface area contributed by atoms with Gasteiger partial charge in [-0.25, -0.2) is 4.98 Å². The van der Waals surface area contributed by atoms with Crippen LogP contribution in [0.5, 0.6) is 17.2 Å². The van der Waals surface area contributed by atoms with Crippen molar-refractivity contribution in [2.75, 3.05) is 31.5 Å². The predicted molar refractivity (Wildman–Crippen MR) is 171 cm³/mol. The number of imidazole rings is 1. The highest BCUT2D eigenvalue weighted by molar-refractivity contribution is 7.92. The molecule has 2 heterocycles. The number of benzene rings is 3. The minimum atomic E-state index is -3.97. The van der Waals surface area contributed by atoms with Gasteiger partial charge >= 0.3 is 0 Å². The molecule has 5 rings (SSSR count). The molecule has 3 atom stereocenters. The molecule has 3 aromatic carbocycles. The summed E-state index contributed by atoms with van der Waals surface area (Å²) >= 11 is 0. The number of carbonyl (C=O) groups is 1. The number of aliphatic hydroxyl groups excluding tert-OH is 1. The van der Waals surface area contributed by atoms with Crippen LogP contribution in [0.15, 0.2) is 90.3 Å². The molecule has 0 aliphatic carbocycles. The molecule has 1 aliphatic rings. The Morgan fingerprint density at radius 3 is 2.49 bits per heavy atom. The number of carbonyl (C=O) groups excluding carboxylic acids is 1. The fourth-order valence-corrected chi connectivity index (χ4v) is 6.24. The topological polar surface area (TPSA) is 126 Å². The Morgan fingerprint density at radius 1 is 1.11 bits per heavy atom. The van der Waals surface area contributed by atoms with Crippen molar-refractivity contribution in [2.45, 2.75) is 37.6 Å². The monoisotopic (exact) mass is 633 g/mol. The van der Waals surface area contributed by atoms with Crippen molar-refractivity contribution >= 4 is 21.6 Å². The summed E-state index contributed by atoms with van der Waals surface area (Å²) in [6, 6.07) is 21.8. The molecular weight excluding hydrogens is 594 g/mol. The van der Waals surface area contributed by atoms with Gasteiger partial charge in [0.05, 0.1) is 24.5 Å². The van der Waals surface area contributed by atoms with Gasteiger partial charge in [-0.05, 0) is 62.0 Å². The number of ether oxygens (including phenoxy) is 2. The number of nitrogens with one attached hydrogen (secondary N) is 1. The maximum Gasteiger partial charge on any atom is 0.280 e. The van der Waals surface area contributed by atoms with Crippen LogP contribution >= 0.6 is 0 Å². The lowest BCUT2D eigenvalue weighted by Gasteiger charge is -2.38. The number of aromatic nitrogens is 2. The number of aryl methyl sites for hydroxylation is 1. The quantitative estimate of drug-likeness (QED) is 0.250. The largest absolute Gasteiger partial charge is 0.488 e. The van der Waals surface area contributed by atoms with E-state index >= 15 is 0 Å². The number of amides is 1. The van der Waals surface area contributed by atoms with Gasteiger partial charge < -0.3 is 24.0 Å². The first-order chi connectivity index (χ1) is 21.5. The molecule has 0 radical (unpaired) electrons. The summed E-state index contributed by atoms with van der Waals surface area (Å²) in [5.41, 5.74) is 1.52. The molecule has 45 heavy (non-hydrogen) atoms. The average molecular weight is 634 g/mol. The normalized spacial score (nSPS) is 17.6. The van der Waals surface area contributed by atoms with Crippen molar-refractivity contribution in [3.05, 3.63) is 96.4 Å². The first-order valence-electron chi connectivity index (χ1n) is 14.8. The lowest BCUT2D eigenvalue weighted by atomic mass is 9.99. The fourth-order valence-electron chi connectivity index (χ4n) is 5.21. The molecule has 1 aliphatic heterocycles. The second kappa shape index (κ2) is 13.7. The maximum absolute atomic E-state index is 13.8. The average Bonchev–Trinajstić information content (AvgIpc) is 3.47. The Labute approximate surface area is 264 Å². The number of para-hydroxylation sites is 1. The molecule has 1 amide bonds. The van der Waals surface area contributed by atoms with Gasteiger partial charge in [-0.3, -0.25) is 14.4 Å². The van der Waals surface area contributed by atoms with Crippen LogP contribution in [0.4, 0.5) is 5.69 Å². The fraction of sp³-hybridized carbons (Fsp3) is 0.333. The second-order valence-corrected chi connectivity index (χ2v) is 13.2. The van der Waals surface area contributed by atoms with E-state index in [4.69, 9.17) is 9.47 Å². The van der Waals surface area contributed by atoms with Crippen LogP contribution in [0.1, 0.15) is 29.8 Å². The van der Waals surface area contributed by atoms with Gasteiger partial charge in [-0.15, -0.1) is 0 Å². The first kappa shape index (κ1) is 32.0. The van der Waals surface area contributed by atoms with Gasteiger partial charge in [0.1, 0.15) is 23.4 Å². The number of rotatable bonds is 11. The summed E-state index contributed by atoms with van der Waals surface area (Å²) < 4.78 is 42.3. The maximum atomic E-state index is 13.8. The molecule has 4 aromatic rings. The zero-order valence-corrected chi connectivity index (χ0v) is 26.6. The zero-order chi connectivity index (χ0) is 32.1. The van der Waals surface area contributed by atoms with Gasteiger partial charge in [-0.1, -0.05) is 37.3 Å². The molecule has 238 valence electrons. The molecule has 12 heteroatoms. The molecule has 0 fully saturated rings. The van der Waals surface area contributed by atoms with Crippen LogP contribution in [0.2, 0.25) is 0 Å². The highest BCUT2D eigenvalue weighted by Crippen LogP contribution is 2.31. The number of aliphatic hydroxyl groups is 1. The summed E-state index contributed by atoms with van der Waals surface area (Å²) in [4.78, 5) is 21.5. The molecule has 0 saturated heterocycles. The van der Waals surface area contributed by atoms with Gasteiger partial charge in [0, 0.05) is 44.5 Å². The standard InChI is InChI=1S/C33H39N5O6S/c1-23-17-38(24(2)21-39)33(40)29-16-26(35-45(41,42)32-20-37(4)22-34-32)12-15-30(29)44-31(23)19-36(3)18-25-10-13-28(14-11-25)43-27-8-6-5-7-9-27/h5-16,20,22-24,31,35,39H,17-19,21H2,1-4H3/t23-,24+,31-/m0/s1. The number of hydrogen-bond acceptors (Lipinski definition) is 8. The molecule has 0 saturated carbocycles. The molecule has 2 N–H and O–H groups in total. The van der Waals surface area contributed by atoms with E-state index in [9.17, 15) is 18.3 Å². The number of nitrogens with zero attached hydrogens (tertiary/aromatic N) is 4. The Hall–Kier alpha value is -4.39. The van der Waals surface area contributed by atoms with Gasteiger partial charge in [0.2, 0.25) is 0 Å². The van der Waals surface area contributed by atoms with Crippen molar-refractivity contribution in [3.63, 3.8) is 0 Å². The lowest BCUT2D eigenvalue weighted by Crippen LogP contribution is -2.49. The number of likely N-dealkylation sites (N-methyl/N-ethyl adjacent to an activating group) is 1. The summed E-state index contributed by atoms with van der Waals surface area (Å²) in [7, 11) is -0.283. The summed E-state index contributed by atoms with van der Waals surface area (Å²) in [5.74, 6) is 1.47. The van der Waals surface area contributed by atoms with Crippen LogP contribution < -0.4 is 14.2 Å². The Kier molecular flexibility index (Phi) is 9.76. The van der Waals surface area contributed by atoms with Crippen LogP contribution in [-0.4, -0.2) is 77.7 Å². The summed E-state index contributed by atoms with van der Waals surface area (Å²) in [6.07, 6.45) is 2.49. The molecular formula is C33H39N5O6S. The van der Waals surface area contributed by atoms with E-state index in [1.807, 2.05) is 68.6 Å². The third-order valence-corrected chi connectivity index (χ3v) is 8.99. The molecule has 0 spiro atoms. The smallest absolute Gasteiger partial charge is 0.280 e. The van der Waals surface area contributed by atoms with E-state index in [0.717, 1.165) is 17.1 Å². The minimum Gasteiger partial charge on any atom is -0.488 e. The van der Waals surface area contributed by atoms with Crippen molar-refractivity contribution in [1.82, 2.24) is 19.4 Å². The number of fused-ring (bicyclic) bond motifs is 1. The SMILES string of the molecule is C[C@H](CO)N1C[C@H](C)[C@H](CN(C)Cc2ccc(Oc3ccccc3)cc2)Oc2ccc(NS(=O)(=O)c3cn(C)cn3)cc2C1=O. The Balaban J connectivity index is 1.33. The van der Waals surface area contributed by atoms with Crippen molar-refractivity contribution in [2.24, 2.45) is 13.0 Å². The zero-order valence-electron chi connectivity index (χ0n) is 25.8. The van der Waals surface area contributed by atoms with Crippen molar-refractivity contribution < 1.29 is 27.8 Å². The second-order valence-electron chi connectivity index (χ2n) is 11.6. The third kappa shape index (κ3) is 7.83.